The van der Waals surface area contributed by atoms with Crippen LogP contribution >= 0.6 is 0 Å². The number of amides is 2. The second-order valence-electron chi connectivity index (χ2n) is 6.75. The third-order valence-corrected chi connectivity index (χ3v) is 5.01. The molecule has 1 fully saturated rings. The van der Waals surface area contributed by atoms with Gasteiger partial charge >= 0.3 is 0 Å². The van der Waals surface area contributed by atoms with Gasteiger partial charge in [0.25, 0.3) is 5.91 Å². The van der Waals surface area contributed by atoms with Crippen LogP contribution in [0, 0.1) is 23.4 Å². The molecule has 4 nitrogen and oxygen atoms in total. The number of hydrogen-bond donors (Lipinski definition) is 0. The van der Waals surface area contributed by atoms with Gasteiger partial charge in [0, 0.05) is 37.3 Å². The van der Waals surface area contributed by atoms with Crippen LogP contribution in [0.3, 0.4) is 0 Å². The zero-order valence-corrected chi connectivity index (χ0v) is 15.5. The van der Waals surface area contributed by atoms with E-state index in [1.54, 1.807) is 17.0 Å². The highest BCUT2D eigenvalue weighted by Gasteiger charge is 2.31. The quantitative estimate of drug-likeness (QED) is 0.792. The van der Waals surface area contributed by atoms with Crippen molar-refractivity contribution in [2.45, 2.75) is 19.8 Å². The van der Waals surface area contributed by atoms with Gasteiger partial charge in [0.1, 0.15) is 17.5 Å². The fourth-order valence-corrected chi connectivity index (χ4v) is 3.47. The minimum Gasteiger partial charge on any atom is -0.339 e. The number of nitrogens with zero attached hydrogens (tertiary/aromatic N) is 2. The average molecular weight is 390 g/mol. The molecule has 2 amide bonds. The summed E-state index contributed by atoms with van der Waals surface area (Å²) in [5.74, 6) is -2.85. The number of carbonyl (C=O) groups is 2. The third-order valence-electron chi connectivity index (χ3n) is 5.01. The summed E-state index contributed by atoms with van der Waals surface area (Å²) in [6, 6.07) is 8.62. The maximum atomic E-state index is 13.9. The molecule has 0 N–H and O–H groups in total. The van der Waals surface area contributed by atoms with Gasteiger partial charge in [0.05, 0.1) is 5.56 Å². The maximum absolute atomic E-state index is 13.9. The van der Waals surface area contributed by atoms with Gasteiger partial charge in [-0.25, -0.2) is 13.2 Å². The third kappa shape index (κ3) is 4.18. The molecule has 7 heteroatoms. The fraction of sp³-hybridized carbons (Fsp3) is 0.333. The van der Waals surface area contributed by atoms with E-state index in [4.69, 9.17) is 0 Å². The molecule has 0 unspecified atom stereocenters. The number of anilines is 1. The molecule has 2 aromatic carbocycles. The van der Waals surface area contributed by atoms with E-state index >= 15 is 0 Å². The predicted octanol–water partition coefficient (Wildman–Crippen LogP) is 4.01. The zero-order valence-electron chi connectivity index (χ0n) is 15.5. The standard InChI is InChI=1S/C21H21F3N2O2/c1-2-26(17-6-3-15(22)4-7-17)20(27)14-9-11-25(12-10-14)21(28)18-8-5-16(23)13-19(18)24/h3-8,13-14H,2,9-12H2,1H3. The number of hydrogen-bond acceptors (Lipinski definition) is 2. The smallest absolute Gasteiger partial charge is 0.256 e. The average Bonchev–Trinajstić information content (AvgIpc) is 2.69. The summed E-state index contributed by atoms with van der Waals surface area (Å²) in [4.78, 5) is 28.4. The molecule has 0 atom stereocenters. The SMILES string of the molecule is CCN(C(=O)C1CCN(C(=O)c2ccc(F)cc2F)CC1)c1ccc(F)cc1. The first kappa shape index (κ1) is 19.9. The molecule has 0 bridgehead atoms. The summed E-state index contributed by atoms with van der Waals surface area (Å²) in [5.41, 5.74) is 0.452. The van der Waals surface area contributed by atoms with Crippen LogP contribution in [-0.4, -0.2) is 36.3 Å². The lowest BCUT2D eigenvalue weighted by molar-refractivity contribution is -0.123. The van der Waals surface area contributed by atoms with E-state index in [1.807, 2.05) is 6.92 Å². The van der Waals surface area contributed by atoms with Gasteiger partial charge in [-0.2, -0.15) is 0 Å². The fourth-order valence-electron chi connectivity index (χ4n) is 3.47. The lowest BCUT2D eigenvalue weighted by atomic mass is 9.94. The first-order chi connectivity index (χ1) is 13.4. The van der Waals surface area contributed by atoms with Crippen LogP contribution in [0.4, 0.5) is 18.9 Å². The monoisotopic (exact) mass is 390 g/mol. The lowest BCUT2D eigenvalue weighted by Crippen LogP contribution is -2.44. The van der Waals surface area contributed by atoms with Gasteiger partial charge in [0.2, 0.25) is 5.91 Å². The Kier molecular flexibility index (Phi) is 6.02. The number of piperidine rings is 1. The van der Waals surface area contributed by atoms with Gasteiger partial charge < -0.3 is 9.80 Å². The summed E-state index contributed by atoms with van der Waals surface area (Å²) in [5, 5.41) is 0. The van der Waals surface area contributed by atoms with E-state index in [0.717, 1.165) is 12.1 Å². The van der Waals surface area contributed by atoms with Crippen molar-refractivity contribution < 1.29 is 22.8 Å². The van der Waals surface area contributed by atoms with Gasteiger partial charge in [-0.3, -0.25) is 9.59 Å². The Balaban J connectivity index is 1.64. The topological polar surface area (TPSA) is 40.6 Å². The highest BCUT2D eigenvalue weighted by atomic mass is 19.1. The Bertz CT molecular complexity index is 862. The number of benzene rings is 2. The molecule has 28 heavy (non-hydrogen) atoms. The number of rotatable bonds is 4. The summed E-state index contributed by atoms with van der Waals surface area (Å²) >= 11 is 0. The van der Waals surface area contributed by atoms with Gasteiger partial charge in [0.15, 0.2) is 0 Å². The molecule has 1 saturated heterocycles. The molecular weight excluding hydrogens is 369 g/mol. The minimum absolute atomic E-state index is 0.0748. The number of carbonyl (C=O) groups excluding carboxylic acids is 2. The van der Waals surface area contributed by atoms with Crippen molar-refractivity contribution in [2.75, 3.05) is 24.5 Å². The summed E-state index contributed by atoms with van der Waals surface area (Å²) < 4.78 is 40.0. The summed E-state index contributed by atoms with van der Waals surface area (Å²) in [6.45, 7) is 2.92. The summed E-state index contributed by atoms with van der Waals surface area (Å²) in [7, 11) is 0. The van der Waals surface area contributed by atoms with E-state index in [2.05, 4.69) is 0 Å². The first-order valence-electron chi connectivity index (χ1n) is 9.22. The van der Waals surface area contributed by atoms with Crippen molar-refractivity contribution in [1.82, 2.24) is 4.90 Å². The highest BCUT2D eigenvalue weighted by molar-refractivity contribution is 5.96. The van der Waals surface area contributed by atoms with Crippen molar-refractivity contribution in [2.24, 2.45) is 5.92 Å². The Morgan fingerprint density at radius 3 is 2.18 bits per heavy atom. The van der Waals surface area contributed by atoms with Crippen LogP contribution < -0.4 is 4.90 Å². The molecule has 0 spiro atoms. The Hall–Kier alpha value is -2.83. The largest absolute Gasteiger partial charge is 0.339 e. The molecule has 0 radical (unpaired) electrons. The molecule has 2 aromatic rings. The second-order valence-corrected chi connectivity index (χ2v) is 6.75. The maximum Gasteiger partial charge on any atom is 0.256 e. The molecule has 1 aliphatic rings. The van der Waals surface area contributed by atoms with E-state index in [0.29, 0.717) is 44.2 Å². The molecule has 0 aliphatic carbocycles. The van der Waals surface area contributed by atoms with Gasteiger partial charge in [-0.05, 0) is 56.2 Å². The van der Waals surface area contributed by atoms with Crippen molar-refractivity contribution in [3.63, 3.8) is 0 Å². The normalized spacial score (nSPS) is 14.8. The number of likely N-dealkylation sites (tertiary alicyclic amines) is 1. The summed E-state index contributed by atoms with van der Waals surface area (Å²) in [6.07, 6.45) is 0.899. The number of halogens is 3. The second kappa shape index (κ2) is 8.46. The Morgan fingerprint density at radius 2 is 1.61 bits per heavy atom. The van der Waals surface area contributed by atoms with E-state index in [9.17, 15) is 22.8 Å². The van der Waals surface area contributed by atoms with Crippen LogP contribution in [0.25, 0.3) is 0 Å². The van der Waals surface area contributed by atoms with Crippen LogP contribution in [0.2, 0.25) is 0 Å². The van der Waals surface area contributed by atoms with Gasteiger partial charge in [-0.15, -0.1) is 0 Å². The van der Waals surface area contributed by atoms with E-state index in [-0.39, 0.29) is 23.2 Å². The predicted molar refractivity (Wildman–Crippen MR) is 99.4 cm³/mol. The van der Waals surface area contributed by atoms with Crippen molar-refractivity contribution in [1.29, 1.82) is 0 Å². The van der Waals surface area contributed by atoms with Crippen LogP contribution in [0.5, 0.6) is 0 Å². The van der Waals surface area contributed by atoms with Crippen LogP contribution in [0.15, 0.2) is 42.5 Å². The minimum atomic E-state index is -0.892. The van der Waals surface area contributed by atoms with Crippen LogP contribution in [0.1, 0.15) is 30.1 Å². The first-order valence-corrected chi connectivity index (χ1v) is 9.22. The molecule has 148 valence electrons. The van der Waals surface area contributed by atoms with Crippen molar-refractivity contribution in [3.05, 3.63) is 65.5 Å². The zero-order chi connectivity index (χ0) is 20.3. The molecule has 1 aliphatic heterocycles. The molecule has 0 aromatic heterocycles. The molecule has 0 saturated carbocycles. The van der Waals surface area contributed by atoms with Gasteiger partial charge in [-0.1, -0.05) is 0 Å². The van der Waals surface area contributed by atoms with Crippen LogP contribution in [-0.2, 0) is 4.79 Å². The highest BCUT2D eigenvalue weighted by Crippen LogP contribution is 2.25. The van der Waals surface area contributed by atoms with E-state index in [1.165, 1.54) is 17.0 Å². The Labute approximate surface area is 161 Å². The van der Waals surface area contributed by atoms with E-state index < -0.39 is 17.5 Å². The molecule has 1 heterocycles. The van der Waals surface area contributed by atoms with Crippen molar-refractivity contribution in [3.8, 4) is 0 Å². The van der Waals surface area contributed by atoms with Crippen molar-refractivity contribution >= 4 is 17.5 Å². The Morgan fingerprint density at radius 1 is 1.00 bits per heavy atom. The lowest BCUT2D eigenvalue weighted by Gasteiger charge is -2.34. The molecule has 3 rings (SSSR count). The molecular formula is C21H21F3N2O2.